The maximum Gasteiger partial charge on any atom is 0.264 e. The molecular formula is C30H32N6O8S2. The molecule has 0 radical (unpaired) electrons. The number of methoxy groups -OCH3 is 1. The van der Waals surface area contributed by atoms with Crippen LogP contribution in [-0.2, 0) is 34.4 Å². The van der Waals surface area contributed by atoms with E-state index >= 15 is 0 Å². The molecule has 46 heavy (non-hydrogen) atoms. The topological polar surface area (TPSA) is 225 Å². The Morgan fingerprint density at radius 1 is 0.717 bits per heavy atom. The van der Waals surface area contributed by atoms with E-state index in [-0.39, 0.29) is 31.9 Å². The van der Waals surface area contributed by atoms with Crippen molar-refractivity contribution in [1.82, 2.24) is 0 Å². The van der Waals surface area contributed by atoms with Crippen molar-refractivity contribution in [3.63, 3.8) is 0 Å². The van der Waals surface area contributed by atoms with Crippen LogP contribution in [0.2, 0.25) is 0 Å². The van der Waals surface area contributed by atoms with Gasteiger partial charge in [0, 0.05) is 16.5 Å². The van der Waals surface area contributed by atoms with Gasteiger partial charge in [-0.3, -0.25) is 23.0 Å². The molecule has 0 aliphatic carbocycles. The van der Waals surface area contributed by atoms with Gasteiger partial charge < -0.3 is 27.3 Å². The summed E-state index contributed by atoms with van der Waals surface area (Å²) in [6.07, 6.45) is 0. The minimum Gasteiger partial charge on any atom is -0.497 e. The Kier molecular flexibility index (Phi) is 9.84. The molecule has 0 saturated carbocycles. The van der Waals surface area contributed by atoms with E-state index in [2.05, 4.69) is 5.32 Å². The molecule has 4 aromatic carbocycles. The molecule has 1 atom stereocenters. The number of carbonyl (C=O) groups excluding carboxylic acids is 3. The molecular weight excluding hydrogens is 636 g/mol. The highest BCUT2D eigenvalue weighted by atomic mass is 32.2. The summed E-state index contributed by atoms with van der Waals surface area (Å²) in [5, 5.41) is 3.02. The van der Waals surface area contributed by atoms with E-state index in [4.69, 9.17) is 21.9 Å². The second-order valence-electron chi connectivity index (χ2n) is 10.1. The monoisotopic (exact) mass is 668 g/mol. The fourth-order valence-electron chi connectivity index (χ4n) is 4.55. The van der Waals surface area contributed by atoms with Crippen LogP contribution in [-0.4, -0.2) is 60.8 Å². The van der Waals surface area contributed by atoms with Gasteiger partial charge in [0.15, 0.2) is 0 Å². The van der Waals surface area contributed by atoms with Gasteiger partial charge in [0.1, 0.15) is 18.8 Å². The van der Waals surface area contributed by atoms with Gasteiger partial charge in [-0.15, -0.1) is 0 Å². The minimum atomic E-state index is -4.46. The number of amides is 3. The van der Waals surface area contributed by atoms with Gasteiger partial charge in [-0.2, -0.15) is 0 Å². The van der Waals surface area contributed by atoms with Crippen LogP contribution in [0.1, 0.15) is 6.92 Å². The Hall–Kier alpha value is -5.19. The molecule has 0 aliphatic rings. The lowest BCUT2D eigenvalue weighted by Crippen LogP contribution is -2.39. The fourth-order valence-corrected chi connectivity index (χ4v) is 7.45. The summed E-state index contributed by atoms with van der Waals surface area (Å²) in [4.78, 5) is 35.9. The van der Waals surface area contributed by atoms with Gasteiger partial charge in [-0.1, -0.05) is 24.3 Å². The molecule has 0 aromatic heterocycles. The zero-order valence-electron chi connectivity index (χ0n) is 24.8. The smallest absolute Gasteiger partial charge is 0.264 e. The first-order valence-corrected chi connectivity index (χ1v) is 16.5. The van der Waals surface area contributed by atoms with Crippen molar-refractivity contribution in [2.75, 3.05) is 34.1 Å². The van der Waals surface area contributed by atoms with Crippen LogP contribution in [0.3, 0.4) is 0 Å². The average molecular weight is 669 g/mol. The normalized spacial score (nSPS) is 12.2. The molecule has 0 saturated heterocycles. The third-order valence-corrected chi connectivity index (χ3v) is 10.3. The van der Waals surface area contributed by atoms with E-state index in [0.717, 1.165) is 8.61 Å². The lowest BCUT2D eigenvalue weighted by atomic mass is 10.1. The van der Waals surface area contributed by atoms with Gasteiger partial charge in [0.25, 0.3) is 20.0 Å². The van der Waals surface area contributed by atoms with Crippen molar-refractivity contribution in [3.8, 4) is 5.75 Å². The number of ether oxygens (including phenoxy) is 1. The number of anilines is 3. The van der Waals surface area contributed by atoms with Crippen molar-refractivity contribution in [1.29, 1.82) is 0 Å². The van der Waals surface area contributed by atoms with Crippen molar-refractivity contribution < 1.29 is 36.0 Å². The highest BCUT2D eigenvalue weighted by Crippen LogP contribution is 2.38. The Morgan fingerprint density at radius 3 is 1.50 bits per heavy atom. The number of fused-ring (bicyclic) bond motifs is 1. The molecule has 14 nitrogen and oxygen atoms in total. The number of hydrogen-bond donors (Lipinski definition) is 4. The predicted molar refractivity (Wildman–Crippen MR) is 173 cm³/mol. The lowest BCUT2D eigenvalue weighted by Gasteiger charge is -2.28. The van der Waals surface area contributed by atoms with Gasteiger partial charge in [-0.05, 0) is 67.6 Å². The van der Waals surface area contributed by atoms with Gasteiger partial charge in [0.2, 0.25) is 17.7 Å². The fraction of sp³-hybridized carbons (Fsp3) is 0.167. The number of primary amides is 2. The quantitative estimate of drug-likeness (QED) is 0.162. The maximum atomic E-state index is 13.9. The predicted octanol–water partition coefficient (Wildman–Crippen LogP) is 1.50. The van der Waals surface area contributed by atoms with E-state index in [0.29, 0.717) is 11.4 Å². The van der Waals surface area contributed by atoms with Gasteiger partial charge in [-0.25, -0.2) is 16.8 Å². The molecule has 4 rings (SSSR count). The third-order valence-electron chi connectivity index (χ3n) is 6.79. The zero-order valence-corrected chi connectivity index (χ0v) is 26.4. The van der Waals surface area contributed by atoms with Crippen molar-refractivity contribution >= 4 is 65.6 Å². The number of sulfonamides is 2. The molecule has 0 unspecified atom stereocenters. The Morgan fingerprint density at radius 2 is 1.13 bits per heavy atom. The summed E-state index contributed by atoms with van der Waals surface area (Å²) >= 11 is 0. The van der Waals surface area contributed by atoms with Crippen LogP contribution in [0.15, 0.2) is 94.7 Å². The number of rotatable bonds is 13. The molecule has 16 heteroatoms. The van der Waals surface area contributed by atoms with Crippen molar-refractivity contribution in [2.45, 2.75) is 22.8 Å². The van der Waals surface area contributed by atoms with Crippen LogP contribution >= 0.6 is 0 Å². The number of nitrogens with zero attached hydrogens (tertiary/aromatic N) is 2. The summed E-state index contributed by atoms with van der Waals surface area (Å²) in [7, 11) is -7.40. The second kappa shape index (κ2) is 13.4. The maximum absolute atomic E-state index is 13.9. The molecule has 0 bridgehead atoms. The first-order valence-electron chi connectivity index (χ1n) is 13.6. The number of nitrogens with two attached hydrogens (primary N) is 3. The second-order valence-corrected chi connectivity index (χ2v) is 13.8. The molecule has 0 heterocycles. The zero-order chi connectivity index (χ0) is 33.8. The van der Waals surface area contributed by atoms with Crippen molar-refractivity contribution in [2.24, 2.45) is 17.2 Å². The SMILES string of the molecule is COc1ccc(S(=O)(=O)N(CC(N)=O)c2ccc(N(CC(N)=O)S(=O)(=O)c3ccc(NC(=O)[C@@H](C)N)cc3)c3ccccc23)cc1. The highest BCUT2D eigenvalue weighted by molar-refractivity contribution is 7.93. The summed E-state index contributed by atoms with van der Waals surface area (Å²) in [5.74, 6) is -1.97. The van der Waals surface area contributed by atoms with Crippen LogP contribution in [0.5, 0.6) is 5.75 Å². The summed E-state index contributed by atoms with van der Waals surface area (Å²) in [6.45, 7) is 0.00387. The summed E-state index contributed by atoms with van der Waals surface area (Å²) in [6, 6.07) is 18.8. The number of nitrogens with one attached hydrogen (secondary N) is 1. The molecule has 3 amide bonds. The molecule has 4 aromatic rings. The summed E-state index contributed by atoms with van der Waals surface area (Å²) in [5.41, 5.74) is 16.9. The van der Waals surface area contributed by atoms with E-state index < -0.39 is 56.9 Å². The largest absolute Gasteiger partial charge is 0.497 e. The minimum absolute atomic E-state index is 0.00774. The Bertz CT molecular complexity index is 2000. The molecule has 0 aliphatic heterocycles. The standard InChI is InChI=1S/C30H32N6O8S2/c1-19(31)30(39)34-20-7-11-22(12-8-20)45(40,41)35(17-28(32)37)26-15-16-27(25-6-4-3-5-24(25)26)36(18-29(33)38)46(42,43)23-13-9-21(44-2)10-14-23/h3-16,19H,17-18,31H2,1-2H3,(H2,32,37)(H2,33,38)(H,34,39)/t19-/m1/s1. The van der Waals surface area contributed by atoms with Crippen molar-refractivity contribution in [3.05, 3.63) is 84.9 Å². The van der Waals surface area contributed by atoms with Gasteiger partial charge >= 0.3 is 0 Å². The summed E-state index contributed by atoms with van der Waals surface area (Å²) < 4.78 is 62.3. The average Bonchev–Trinajstić information content (AvgIpc) is 3.02. The molecule has 0 fully saturated rings. The van der Waals surface area contributed by atoms with E-state index in [1.54, 1.807) is 12.1 Å². The van der Waals surface area contributed by atoms with Crippen LogP contribution in [0.4, 0.5) is 17.1 Å². The first-order chi connectivity index (χ1) is 21.7. The van der Waals surface area contributed by atoms with E-state index in [1.807, 2.05) is 0 Å². The first kappa shape index (κ1) is 33.7. The third kappa shape index (κ3) is 7.03. The molecule has 0 spiro atoms. The van der Waals surface area contributed by atoms with Crippen LogP contribution < -0.4 is 35.9 Å². The van der Waals surface area contributed by atoms with Gasteiger partial charge in [0.05, 0.1) is 34.3 Å². The highest BCUT2D eigenvalue weighted by Gasteiger charge is 2.32. The van der Waals surface area contributed by atoms with Crippen LogP contribution in [0.25, 0.3) is 10.8 Å². The molecule has 7 N–H and O–H groups in total. The Labute approximate surface area is 265 Å². The molecule has 242 valence electrons. The van der Waals surface area contributed by atoms with Crippen LogP contribution in [0, 0.1) is 0 Å². The lowest BCUT2D eigenvalue weighted by molar-refractivity contribution is -0.117. The Balaban J connectivity index is 1.86. The number of carbonyl (C=O) groups is 3. The van der Waals surface area contributed by atoms with E-state index in [9.17, 15) is 31.2 Å². The number of benzene rings is 4. The number of hydrogen-bond acceptors (Lipinski definition) is 9. The van der Waals surface area contributed by atoms with E-state index in [1.165, 1.54) is 86.8 Å².